The number of hydrogen-bond donors (Lipinski definition) is 1. The lowest BCUT2D eigenvalue weighted by atomic mass is 10.2. The highest BCUT2D eigenvalue weighted by atomic mass is 79.9. The lowest BCUT2D eigenvalue weighted by Gasteiger charge is -2.18. The molecule has 1 N–H and O–H groups in total. The summed E-state index contributed by atoms with van der Waals surface area (Å²) in [6.45, 7) is 1.90. The molecule has 6 nitrogen and oxygen atoms in total. The highest BCUT2D eigenvalue weighted by Gasteiger charge is 2.32. The van der Waals surface area contributed by atoms with Crippen LogP contribution in [0.5, 0.6) is 0 Å². The number of carbonyl (C=O) groups excluding carboxylic acids is 3. The Morgan fingerprint density at radius 2 is 2.19 bits per heavy atom. The second kappa shape index (κ2) is 6.21. The third kappa shape index (κ3) is 3.38. The molecule has 2 rings (SSSR count). The van der Waals surface area contributed by atoms with Gasteiger partial charge in [-0.3, -0.25) is 9.69 Å². The van der Waals surface area contributed by atoms with Gasteiger partial charge in [0.05, 0.1) is 5.56 Å². The lowest BCUT2D eigenvalue weighted by molar-refractivity contribution is -0.136. The molecule has 0 aliphatic carbocycles. The number of esters is 1. The van der Waals surface area contributed by atoms with Crippen molar-refractivity contribution in [3.63, 3.8) is 0 Å². The normalized spacial score (nSPS) is 15.6. The van der Waals surface area contributed by atoms with E-state index >= 15 is 0 Å². The Hall–Kier alpha value is -1.96. The molecular weight excluding hydrogens is 347 g/mol. The topological polar surface area (TPSA) is 75.7 Å². The quantitative estimate of drug-likeness (QED) is 0.834. The van der Waals surface area contributed by atoms with E-state index < -0.39 is 29.8 Å². The van der Waals surface area contributed by atoms with Crippen LogP contribution in [0.25, 0.3) is 0 Å². The summed E-state index contributed by atoms with van der Waals surface area (Å²) in [5, 5.41) is 2.47. The summed E-state index contributed by atoms with van der Waals surface area (Å²) in [5.41, 5.74) is -0.274. The third-order valence-electron chi connectivity index (χ3n) is 2.91. The maximum atomic E-state index is 13.6. The summed E-state index contributed by atoms with van der Waals surface area (Å²) >= 11 is 3.07. The summed E-state index contributed by atoms with van der Waals surface area (Å²) in [5.74, 6) is -2.36. The summed E-state index contributed by atoms with van der Waals surface area (Å²) < 4.78 is 19.0. The number of carbonyl (C=O) groups is 3. The van der Waals surface area contributed by atoms with Crippen molar-refractivity contribution in [2.45, 2.75) is 13.0 Å². The van der Waals surface area contributed by atoms with Gasteiger partial charge >= 0.3 is 12.0 Å². The van der Waals surface area contributed by atoms with Crippen LogP contribution < -0.4 is 5.32 Å². The second-order valence-corrected chi connectivity index (χ2v) is 5.31. The Morgan fingerprint density at radius 1 is 1.48 bits per heavy atom. The number of rotatable bonds is 3. The van der Waals surface area contributed by atoms with Crippen molar-refractivity contribution < 1.29 is 23.5 Å². The molecule has 0 bridgehead atoms. The van der Waals surface area contributed by atoms with Gasteiger partial charge in [0, 0.05) is 17.6 Å². The minimum absolute atomic E-state index is 0.214. The van der Waals surface area contributed by atoms with Crippen LogP contribution in [-0.2, 0) is 9.53 Å². The highest BCUT2D eigenvalue weighted by molar-refractivity contribution is 9.10. The van der Waals surface area contributed by atoms with Crippen LogP contribution in [0.15, 0.2) is 22.7 Å². The molecule has 1 fully saturated rings. The summed E-state index contributed by atoms with van der Waals surface area (Å²) in [6.07, 6.45) is -1.18. The van der Waals surface area contributed by atoms with Gasteiger partial charge in [0.15, 0.2) is 6.10 Å². The molecule has 1 aromatic rings. The first-order valence-electron chi connectivity index (χ1n) is 6.15. The van der Waals surface area contributed by atoms with Crippen LogP contribution in [0, 0.1) is 5.82 Å². The number of amides is 3. The van der Waals surface area contributed by atoms with Crippen LogP contribution in [0.2, 0.25) is 0 Å². The van der Waals surface area contributed by atoms with Crippen molar-refractivity contribution in [2.75, 3.05) is 13.1 Å². The molecule has 1 heterocycles. The number of nitrogens with one attached hydrogen (secondary N) is 1. The molecular formula is C13H12BrFN2O4. The molecule has 0 radical (unpaired) electrons. The Morgan fingerprint density at radius 3 is 2.76 bits per heavy atom. The maximum absolute atomic E-state index is 13.6. The summed E-state index contributed by atoms with van der Waals surface area (Å²) in [4.78, 5) is 36.1. The molecule has 0 saturated carbocycles. The molecule has 0 unspecified atom stereocenters. The fourth-order valence-corrected chi connectivity index (χ4v) is 2.16. The molecule has 1 aromatic carbocycles. The molecule has 1 aliphatic heterocycles. The van der Waals surface area contributed by atoms with E-state index in [9.17, 15) is 18.8 Å². The van der Waals surface area contributed by atoms with Gasteiger partial charge in [-0.15, -0.1) is 0 Å². The van der Waals surface area contributed by atoms with E-state index in [1.54, 1.807) is 0 Å². The number of benzene rings is 1. The first-order valence-corrected chi connectivity index (χ1v) is 6.94. The lowest BCUT2D eigenvalue weighted by Crippen LogP contribution is -2.41. The van der Waals surface area contributed by atoms with E-state index in [-0.39, 0.29) is 12.1 Å². The Balaban J connectivity index is 2.05. The molecule has 1 aliphatic rings. The third-order valence-corrected chi connectivity index (χ3v) is 3.40. The fraction of sp³-hybridized carbons (Fsp3) is 0.308. The predicted molar refractivity (Wildman–Crippen MR) is 74.1 cm³/mol. The molecule has 3 amide bonds. The number of urea groups is 1. The molecule has 8 heteroatoms. The Kier molecular flexibility index (Phi) is 4.56. The van der Waals surface area contributed by atoms with E-state index in [0.29, 0.717) is 11.0 Å². The van der Waals surface area contributed by atoms with Crippen LogP contribution in [0.1, 0.15) is 17.3 Å². The summed E-state index contributed by atoms with van der Waals surface area (Å²) in [7, 11) is 0. The van der Waals surface area contributed by atoms with Gasteiger partial charge in [0.25, 0.3) is 5.91 Å². The first kappa shape index (κ1) is 15.4. The van der Waals surface area contributed by atoms with Gasteiger partial charge in [0.2, 0.25) is 0 Å². The maximum Gasteiger partial charge on any atom is 0.341 e. The smallest absolute Gasteiger partial charge is 0.341 e. The summed E-state index contributed by atoms with van der Waals surface area (Å²) in [6, 6.07) is 3.33. The first-order chi connectivity index (χ1) is 9.90. The van der Waals surface area contributed by atoms with Crippen LogP contribution in [0.4, 0.5) is 9.18 Å². The Labute approximate surface area is 128 Å². The van der Waals surface area contributed by atoms with E-state index in [1.165, 1.54) is 19.1 Å². The minimum Gasteiger partial charge on any atom is -0.449 e. The fourth-order valence-electron chi connectivity index (χ4n) is 1.83. The SMILES string of the molecule is C[C@@H](OC(=O)c1ccc(Br)cc1F)C(=O)N1CCNC1=O. The molecule has 1 saturated heterocycles. The van der Waals surface area contributed by atoms with Gasteiger partial charge in [-0.05, 0) is 25.1 Å². The van der Waals surface area contributed by atoms with Crippen molar-refractivity contribution >= 4 is 33.8 Å². The van der Waals surface area contributed by atoms with Crippen molar-refractivity contribution in [1.29, 1.82) is 0 Å². The average molecular weight is 359 g/mol. The number of hydrogen-bond acceptors (Lipinski definition) is 4. The number of ether oxygens (including phenoxy) is 1. The van der Waals surface area contributed by atoms with E-state index in [0.717, 1.165) is 11.0 Å². The zero-order chi connectivity index (χ0) is 15.6. The predicted octanol–water partition coefficient (Wildman–Crippen LogP) is 1.69. The van der Waals surface area contributed by atoms with E-state index in [1.807, 2.05) is 0 Å². The van der Waals surface area contributed by atoms with Gasteiger partial charge in [-0.25, -0.2) is 14.0 Å². The Bertz CT molecular complexity index is 608. The van der Waals surface area contributed by atoms with Crippen LogP contribution >= 0.6 is 15.9 Å². The van der Waals surface area contributed by atoms with Crippen LogP contribution in [-0.4, -0.2) is 42.0 Å². The molecule has 0 spiro atoms. The second-order valence-electron chi connectivity index (χ2n) is 4.39. The number of imide groups is 1. The van der Waals surface area contributed by atoms with Crippen molar-refractivity contribution in [1.82, 2.24) is 10.2 Å². The standard InChI is InChI=1S/C13H12BrFN2O4/c1-7(11(18)17-5-4-16-13(17)20)21-12(19)9-3-2-8(14)6-10(9)15/h2-3,6-7H,4-5H2,1H3,(H,16,20)/t7-/m1/s1. The zero-order valence-corrected chi connectivity index (χ0v) is 12.6. The zero-order valence-electron chi connectivity index (χ0n) is 11.1. The van der Waals surface area contributed by atoms with Gasteiger partial charge in [-0.1, -0.05) is 15.9 Å². The molecule has 1 atom stereocenters. The largest absolute Gasteiger partial charge is 0.449 e. The van der Waals surface area contributed by atoms with E-state index in [4.69, 9.17) is 4.74 Å². The molecule has 0 aromatic heterocycles. The van der Waals surface area contributed by atoms with E-state index in [2.05, 4.69) is 21.2 Å². The monoisotopic (exact) mass is 358 g/mol. The highest BCUT2D eigenvalue weighted by Crippen LogP contribution is 2.17. The van der Waals surface area contributed by atoms with Crippen molar-refractivity contribution in [3.05, 3.63) is 34.1 Å². The minimum atomic E-state index is -1.18. The van der Waals surface area contributed by atoms with Crippen LogP contribution in [0.3, 0.4) is 0 Å². The number of halogens is 2. The van der Waals surface area contributed by atoms with Crippen molar-refractivity contribution in [3.8, 4) is 0 Å². The van der Waals surface area contributed by atoms with Crippen molar-refractivity contribution in [2.24, 2.45) is 0 Å². The van der Waals surface area contributed by atoms with Gasteiger partial charge in [0.1, 0.15) is 5.82 Å². The molecule has 112 valence electrons. The van der Waals surface area contributed by atoms with Gasteiger partial charge in [-0.2, -0.15) is 0 Å². The average Bonchev–Trinajstić information content (AvgIpc) is 2.83. The van der Waals surface area contributed by atoms with Gasteiger partial charge < -0.3 is 10.1 Å². The molecule has 21 heavy (non-hydrogen) atoms. The number of nitrogens with zero attached hydrogens (tertiary/aromatic N) is 1.